The highest BCUT2D eigenvalue weighted by atomic mass is 19.1. The first-order valence-corrected chi connectivity index (χ1v) is 13.5. The number of halogens is 1. The number of pyridine rings is 2. The number of hydrogen-bond donors (Lipinski definition) is 0. The van der Waals surface area contributed by atoms with Gasteiger partial charge in [-0.2, -0.15) is 0 Å². The van der Waals surface area contributed by atoms with Gasteiger partial charge in [0.1, 0.15) is 17.9 Å². The zero-order chi connectivity index (χ0) is 30.1. The number of fused-ring (bicyclic) bond motifs is 2. The van der Waals surface area contributed by atoms with Crippen LogP contribution in [0, 0.1) is 5.82 Å². The highest BCUT2D eigenvalue weighted by molar-refractivity contribution is 6.03. The third kappa shape index (κ3) is 5.32. The van der Waals surface area contributed by atoms with Crippen LogP contribution in [0.5, 0.6) is 23.1 Å². The monoisotopic (exact) mass is 580 g/mol. The molecule has 0 radical (unpaired) electrons. The number of Topliss-reactive ketones (excluding diaryl/α,β-unsaturated/α-hetero) is 2. The van der Waals surface area contributed by atoms with Crippen molar-refractivity contribution in [3.63, 3.8) is 0 Å². The molecule has 0 N–H and O–H groups in total. The Labute approximate surface area is 244 Å². The number of nitrogens with zero attached hydrogens (tertiary/aromatic N) is 4. The Balaban J connectivity index is 1.28. The summed E-state index contributed by atoms with van der Waals surface area (Å²) in [6, 6.07) is 13.5. The highest BCUT2D eigenvalue weighted by Crippen LogP contribution is 2.35. The molecule has 1 aliphatic rings. The number of hydrogen-bond acceptors (Lipinski definition) is 9. The molecule has 0 atom stereocenters. The molecule has 0 spiro atoms. The average molecular weight is 581 g/mol. The second-order valence-electron chi connectivity index (χ2n) is 9.90. The van der Waals surface area contributed by atoms with Crippen molar-refractivity contribution in [3.05, 3.63) is 106 Å². The van der Waals surface area contributed by atoms with Crippen molar-refractivity contribution in [2.24, 2.45) is 0 Å². The first kappa shape index (κ1) is 27.7. The molecular formula is C32H25FN4O6. The molecule has 43 heavy (non-hydrogen) atoms. The van der Waals surface area contributed by atoms with Gasteiger partial charge in [-0.25, -0.2) is 14.4 Å². The minimum absolute atomic E-state index is 0.128. The Morgan fingerprint density at radius 2 is 1.70 bits per heavy atom. The SMILES string of the molecule is COc1cc2ncnc(Oc3ccc(CC(=O)c4cc5c(n(-c6ccc(F)cc6)c4=O)CCCC5=O)nc3)c2cc1OC. The molecular weight excluding hydrogens is 555 g/mol. The Hall–Kier alpha value is -5.45. The summed E-state index contributed by atoms with van der Waals surface area (Å²) in [4.78, 5) is 52.6. The van der Waals surface area contributed by atoms with E-state index in [0.717, 1.165) is 0 Å². The van der Waals surface area contributed by atoms with Gasteiger partial charge in [0, 0.05) is 35.1 Å². The zero-order valence-electron chi connectivity index (χ0n) is 23.3. The van der Waals surface area contributed by atoms with Gasteiger partial charge >= 0.3 is 0 Å². The van der Waals surface area contributed by atoms with Crippen LogP contribution in [0.3, 0.4) is 0 Å². The summed E-state index contributed by atoms with van der Waals surface area (Å²) < 4.78 is 31.6. The number of methoxy groups -OCH3 is 2. The minimum Gasteiger partial charge on any atom is -0.493 e. The Bertz CT molecular complexity index is 1940. The standard InChI is InChI=1S/C32H25FN4O6/c1-41-29-14-22-25(15-30(29)42-2)35-17-36-31(22)43-21-11-8-19(34-16-21)12-28(39)24-13-23-26(4-3-5-27(23)38)37(32(24)40)20-9-6-18(33)7-10-20/h6-11,13-17H,3-5,12H2,1-2H3. The second kappa shape index (κ2) is 11.4. The van der Waals surface area contributed by atoms with E-state index in [1.165, 1.54) is 61.6 Å². The largest absolute Gasteiger partial charge is 0.493 e. The number of ketones is 2. The average Bonchev–Trinajstić information content (AvgIpc) is 3.02. The summed E-state index contributed by atoms with van der Waals surface area (Å²) in [7, 11) is 3.06. The Morgan fingerprint density at radius 3 is 2.42 bits per heavy atom. The van der Waals surface area contributed by atoms with Gasteiger partial charge in [0.05, 0.1) is 43.3 Å². The summed E-state index contributed by atoms with van der Waals surface area (Å²) in [5.74, 6) is 0.554. The molecule has 0 bridgehead atoms. The van der Waals surface area contributed by atoms with Crippen molar-refractivity contribution in [1.29, 1.82) is 0 Å². The molecule has 2 aromatic carbocycles. The molecule has 3 aromatic heterocycles. The maximum atomic E-state index is 13.6. The van der Waals surface area contributed by atoms with E-state index in [1.807, 2.05) is 0 Å². The summed E-state index contributed by atoms with van der Waals surface area (Å²) in [6.45, 7) is 0. The number of rotatable bonds is 8. The molecule has 216 valence electrons. The van der Waals surface area contributed by atoms with Gasteiger partial charge < -0.3 is 14.2 Å². The predicted octanol–water partition coefficient (Wildman–Crippen LogP) is 5.07. The summed E-state index contributed by atoms with van der Waals surface area (Å²) >= 11 is 0. The lowest BCUT2D eigenvalue weighted by Crippen LogP contribution is -2.32. The van der Waals surface area contributed by atoms with E-state index < -0.39 is 17.2 Å². The third-order valence-electron chi connectivity index (χ3n) is 7.26. The maximum absolute atomic E-state index is 13.6. The van der Waals surface area contributed by atoms with Crippen LogP contribution in [-0.4, -0.2) is 45.3 Å². The van der Waals surface area contributed by atoms with Crippen LogP contribution in [0.25, 0.3) is 16.6 Å². The van der Waals surface area contributed by atoms with Crippen LogP contribution >= 0.6 is 0 Å². The number of aromatic nitrogens is 4. The zero-order valence-corrected chi connectivity index (χ0v) is 23.3. The number of carbonyl (C=O) groups is 2. The fourth-order valence-electron chi connectivity index (χ4n) is 5.14. The number of carbonyl (C=O) groups excluding carboxylic acids is 2. The topological polar surface area (TPSA) is 122 Å². The molecule has 0 aliphatic heterocycles. The first-order chi connectivity index (χ1) is 20.9. The van der Waals surface area contributed by atoms with E-state index in [9.17, 15) is 18.8 Å². The molecule has 0 unspecified atom stereocenters. The van der Waals surface area contributed by atoms with Crippen molar-refractivity contribution < 1.29 is 28.2 Å². The highest BCUT2D eigenvalue weighted by Gasteiger charge is 2.26. The Morgan fingerprint density at radius 1 is 0.930 bits per heavy atom. The number of ether oxygens (including phenoxy) is 3. The lowest BCUT2D eigenvalue weighted by atomic mass is 9.91. The van der Waals surface area contributed by atoms with Gasteiger partial charge in [-0.1, -0.05) is 0 Å². The summed E-state index contributed by atoms with van der Waals surface area (Å²) in [5.41, 5.74) is 1.55. The second-order valence-corrected chi connectivity index (χ2v) is 9.90. The van der Waals surface area contributed by atoms with Gasteiger partial charge in [-0.05, 0) is 61.4 Å². The van der Waals surface area contributed by atoms with Gasteiger partial charge in [-0.3, -0.25) is 23.9 Å². The van der Waals surface area contributed by atoms with E-state index in [4.69, 9.17) is 14.2 Å². The van der Waals surface area contributed by atoms with E-state index in [2.05, 4.69) is 15.0 Å². The minimum atomic E-state index is -0.562. The van der Waals surface area contributed by atoms with Gasteiger partial charge in [0.2, 0.25) is 5.88 Å². The molecule has 0 saturated heterocycles. The van der Waals surface area contributed by atoms with Crippen molar-refractivity contribution in [3.8, 4) is 28.8 Å². The molecule has 1 aliphatic carbocycles. The first-order valence-electron chi connectivity index (χ1n) is 13.5. The van der Waals surface area contributed by atoms with Crippen molar-refractivity contribution >= 4 is 22.5 Å². The van der Waals surface area contributed by atoms with Gasteiger partial charge in [-0.15, -0.1) is 0 Å². The van der Waals surface area contributed by atoms with Crippen LogP contribution in [0.4, 0.5) is 4.39 Å². The fourth-order valence-corrected chi connectivity index (χ4v) is 5.14. The molecule has 0 saturated carbocycles. The normalized spacial score (nSPS) is 12.6. The van der Waals surface area contributed by atoms with E-state index in [1.54, 1.807) is 24.3 Å². The molecule has 0 amide bonds. The van der Waals surface area contributed by atoms with Crippen LogP contribution in [-0.2, 0) is 12.8 Å². The molecule has 3 heterocycles. The van der Waals surface area contributed by atoms with E-state index >= 15 is 0 Å². The van der Waals surface area contributed by atoms with Crippen molar-refractivity contribution in [2.75, 3.05) is 14.2 Å². The number of benzene rings is 2. The van der Waals surface area contributed by atoms with Crippen LogP contribution in [0.15, 0.2) is 71.9 Å². The molecule has 11 heteroatoms. The molecule has 6 rings (SSSR count). The van der Waals surface area contributed by atoms with Crippen molar-refractivity contribution in [2.45, 2.75) is 25.7 Å². The lowest BCUT2D eigenvalue weighted by Gasteiger charge is -2.21. The smallest absolute Gasteiger partial charge is 0.266 e. The summed E-state index contributed by atoms with van der Waals surface area (Å²) in [5, 5.41) is 0.596. The molecule has 5 aromatic rings. The van der Waals surface area contributed by atoms with Crippen LogP contribution in [0.2, 0.25) is 0 Å². The third-order valence-corrected chi connectivity index (χ3v) is 7.26. The predicted molar refractivity (Wildman–Crippen MR) is 154 cm³/mol. The molecule has 0 fully saturated rings. The van der Waals surface area contributed by atoms with Gasteiger partial charge in [0.15, 0.2) is 23.1 Å². The van der Waals surface area contributed by atoms with E-state index in [-0.39, 0.29) is 23.6 Å². The van der Waals surface area contributed by atoms with Gasteiger partial charge in [0.25, 0.3) is 5.56 Å². The Kier molecular flexibility index (Phi) is 7.37. The molecule has 10 nitrogen and oxygen atoms in total. The quantitative estimate of drug-likeness (QED) is 0.232. The van der Waals surface area contributed by atoms with E-state index in [0.29, 0.717) is 70.1 Å². The van der Waals surface area contributed by atoms with Crippen LogP contribution in [0.1, 0.15) is 44.9 Å². The fraction of sp³-hybridized carbons (Fsp3) is 0.188. The van der Waals surface area contributed by atoms with Crippen molar-refractivity contribution in [1.82, 2.24) is 19.5 Å². The summed E-state index contributed by atoms with van der Waals surface area (Å²) in [6.07, 6.45) is 4.04. The lowest BCUT2D eigenvalue weighted by molar-refractivity contribution is 0.0971. The van der Waals surface area contributed by atoms with Crippen LogP contribution < -0.4 is 19.8 Å². The maximum Gasteiger partial charge on any atom is 0.266 e.